The Morgan fingerprint density at radius 3 is 2.33 bits per heavy atom. The molecular weight excluding hydrogens is 284 g/mol. The predicted octanol–water partition coefficient (Wildman–Crippen LogP) is 4.49. The van der Waals surface area contributed by atoms with Crippen molar-refractivity contribution in [1.82, 2.24) is 4.90 Å². The van der Waals surface area contributed by atoms with Crippen molar-refractivity contribution in [3.63, 3.8) is 0 Å². The number of aryl methyl sites for hydroxylation is 1. The van der Waals surface area contributed by atoms with Gasteiger partial charge in [0.25, 0.3) is 0 Å². The molecular formula is C17H27ClN2O. The van der Waals surface area contributed by atoms with Crippen molar-refractivity contribution < 1.29 is 4.79 Å². The molecule has 1 rings (SSSR count). The van der Waals surface area contributed by atoms with Crippen LogP contribution in [-0.2, 0) is 4.79 Å². The number of carbonyl (C=O) groups excluding carboxylic acids is 1. The molecule has 1 amide bonds. The second-order valence-corrected chi connectivity index (χ2v) is 5.87. The van der Waals surface area contributed by atoms with Gasteiger partial charge in [-0.25, -0.2) is 0 Å². The number of anilines is 1. The van der Waals surface area contributed by atoms with Gasteiger partial charge >= 0.3 is 0 Å². The van der Waals surface area contributed by atoms with Crippen LogP contribution < -0.4 is 5.32 Å². The Hall–Kier alpha value is -1.06. The first-order valence-corrected chi connectivity index (χ1v) is 8.23. The molecule has 3 nitrogen and oxygen atoms in total. The lowest BCUT2D eigenvalue weighted by Crippen LogP contribution is -2.35. The van der Waals surface area contributed by atoms with Crippen molar-refractivity contribution in [3.05, 3.63) is 28.8 Å². The van der Waals surface area contributed by atoms with Gasteiger partial charge in [-0.15, -0.1) is 0 Å². The summed E-state index contributed by atoms with van der Waals surface area (Å²) in [4.78, 5) is 14.5. The van der Waals surface area contributed by atoms with Crippen molar-refractivity contribution in [3.8, 4) is 0 Å². The van der Waals surface area contributed by atoms with Crippen LogP contribution in [0.1, 0.15) is 45.1 Å². The standard InChI is InChI=1S/C17H27ClN2O/c1-4-6-11-20(12-7-5-2)13-16(21)19-17-14(3)9-8-10-15(17)18/h8-10H,4-7,11-13H2,1-3H3,(H,19,21). The van der Waals surface area contributed by atoms with Gasteiger partial charge < -0.3 is 5.32 Å². The fourth-order valence-corrected chi connectivity index (χ4v) is 2.47. The maximum atomic E-state index is 12.2. The van der Waals surface area contributed by atoms with Crippen LogP contribution in [0, 0.1) is 6.92 Å². The Bertz CT molecular complexity index is 420. The molecule has 0 unspecified atom stereocenters. The van der Waals surface area contributed by atoms with E-state index in [1.165, 1.54) is 0 Å². The predicted molar refractivity (Wildman–Crippen MR) is 91.1 cm³/mol. The van der Waals surface area contributed by atoms with E-state index < -0.39 is 0 Å². The summed E-state index contributed by atoms with van der Waals surface area (Å²) >= 11 is 6.15. The summed E-state index contributed by atoms with van der Waals surface area (Å²) in [5, 5.41) is 3.54. The lowest BCUT2D eigenvalue weighted by molar-refractivity contribution is -0.117. The number of halogens is 1. The van der Waals surface area contributed by atoms with Gasteiger partial charge in [0.05, 0.1) is 17.3 Å². The average Bonchev–Trinajstić information content (AvgIpc) is 2.46. The molecule has 1 aromatic rings. The van der Waals surface area contributed by atoms with Gasteiger partial charge in [-0.2, -0.15) is 0 Å². The average molecular weight is 311 g/mol. The number of nitrogens with one attached hydrogen (secondary N) is 1. The Labute approximate surface area is 133 Å². The van der Waals surface area contributed by atoms with Crippen LogP contribution in [-0.4, -0.2) is 30.4 Å². The van der Waals surface area contributed by atoms with Crippen LogP contribution in [0.5, 0.6) is 0 Å². The molecule has 0 fully saturated rings. The molecule has 0 bridgehead atoms. The number of rotatable bonds is 9. The molecule has 0 spiro atoms. The van der Waals surface area contributed by atoms with Crippen LogP contribution in [0.2, 0.25) is 5.02 Å². The quantitative estimate of drug-likeness (QED) is 0.729. The number of para-hydroxylation sites is 1. The van der Waals surface area contributed by atoms with Crippen LogP contribution in [0.25, 0.3) is 0 Å². The highest BCUT2D eigenvalue weighted by atomic mass is 35.5. The summed E-state index contributed by atoms with van der Waals surface area (Å²) in [5.41, 5.74) is 1.72. The van der Waals surface area contributed by atoms with E-state index >= 15 is 0 Å². The zero-order valence-corrected chi connectivity index (χ0v) is 14.2. The van der Waals surface area contributed by atoms with Crippen LogP contribution in [0.3, 0.4) is 0 Å². The Morgan fingerprint density at radius 2 is 1.81 bits per heavy atom. The molecule has 0 aliphatic carbocycles. The molecule has 0 aliphatic heterocycles. The number of nitrogens with zero attached hydrogens (tertiary/aromatic N) is 1. The molecule has 0 saturated carbocycles. The fraction of sp³-hybridized carbons (Fsp3) is 0.588. The first kappa shape index (κ1) is 18.0. The Balaban J connectivity index is 2.60. The maximum absolute atomic E-state index is 12.2. The summed E-state index contributed by atoms with van der Waals surface area (Å²) < 4.78 is 0. The van der Waals surface area contributed by atoms with E-state index in [4.69, 9.17) is 11.6 Å². The first-order valence-electron chi connectivity index (χ1n) is 7.85. The second-order valence-electron chi connectivity index (χ2n) is 5.46. The van der Waals surface area contributed by atoms with Crippen molar-refractivity contribution in [1.29, 1.82) is 0 Å². The van der Waals surface area contributed by atoms with Gasteiger partial charge in [-0.3, -0.25) is 9.69 Å². The molecule has 1 N–H and O–H groups in total. The molecule has 21 heavy (non-hydrogen) atoms. The Morgan fingerprint density at radius 1 is 1.19 bits per heavy atom. The Kier molecular flexibility index (Phi) is 8.40. The molecule has 0 radical (unpaired) electrons. The van der Waals surface area contributed by atoms with Gasteiger partial charge in [0.1, 0.15) is 0 Å². The number of amides is 1. The summed E-state index contributed by atoms with van der Waals surface area (Å²) in [6.07, 6.45) is 4.55. The van der Waals surface area contributed by atoms with Gasteiger partial charge in [-0.05, 0) is 44.5 Å². The van der Waals surface area contributed by atoms with Gasteiger partial charge in [0.15, 0.2) is 0 Å². The fourth-order valence-electron chi connectivity index (χ4n) is 2.21. The summed E-state index contributed by atoms with van der Waals surface area (Å²) in [7, 11) is 0. The minimum Gasteiger partial charge on any atom is -0.323 e. The van der Waals surface area contributed by atoms with E-state index in [1.54, 1.807) is 6.07 Å². The van der Waals surface area contributed by atoms with E-state index in [2.05, 4.69) is 24.1 Å². The molecule has 0 saturated heterocycles. The zero-order valence-electron chi connectivity index (χ0n) is 13.4. The van der Waals surface area contributed by atoms with Gasteiger partial charge in [0, 0.05) is 0 Å². The lowest BCUT2D eigenvalue weighted by Gasteiger charge is -2.21. The van der Waals surface area contributed by atoms with E-state index in [0.29, 0.717) is 11.6 Å². The van der Waals surface area contributed by atoms with Crippen molar-refractivity contribution in [2.45, 2.75) is 46.5 Å². The minimum atomic E-state index is 0.0124. The second kappa shape index (κ2) is 9.80. The third-order valence-electron chi connectivity index (χ3n) is 3.51. The molecule has 118 valence electrons. The summed E-state index contributed by atoms with van der Waals surface area (Å²) in [6.45, 7) is 8.69. The topological polar surface area (TPSA) is 32.3 Å². The number of hydrogen-bond acceptors (Lipinski definition) is 2. The van der Waals surface area contributed by atoms with E-state index in [0.717, 1.165) is 50.0 Å². The smallest absolute Gasteiger partial charge is 0.238 e. The summed E-state index contributed by atoms with van der Waals surface area (Å²) in [6, 6.07) is 5.64. The minimum absolute atomic E-state index is 0.0124. The zero-order chi connectivity index (χ0) is 15.7. The molecule has 0 heterocycles. The highest BCUT2D eigenvalue weighted by Gasteiger charge is 2.12. The molecule has 0 aliphatic rings. The number of hydrogen-bond donors (Lipinski definition) is 1. The summed E-state index contributed by atoms with van der Waals surface area (Å²) in [5.74, 6) is 0.0124. The van der Waals surface area contributed by atoms with Crippen LogP contribution in [0.15, 0.2) is 18.2 Å². The highest BCUT2D eigenvalue weighted by Crippen LogP contribution is 2.25. The number of benzene rings is 1. The van der Waals surface area contributed by atoms with E-state index in [1.807, 2.05) is 19.1 Å². The van der Waals surface area contributed by atoms with Gasteiger partial charge in [0.2, 0.25) is 5.91 Å². The highest BCUT2D eigenvalue weighted by molar-refractivity contribution is 6.33. The first-order chi connectivity index (χ1) is 10.1. The lowest BCUT2D eigenvalue weighted by atomic mass is 10.2. The van der Waals surface area contributed by atoms with Crippen LogP contribution >= 0.6 is 11.6 Å². The van der Waals surface area contributed by atoms with Crippen molar-refractivity contribution in [2.24, 2.45) is 0 Å². The van der Waals surface area contributed by atoms with Crippen molar-refractivity contribution in [2.75, 3.05) is 25.0 Å². The monoisotopic (exact) mass is 310 g/mol. The normalized spacial score (nSPS) is 10.9. The number of carbonyl (C=O) groups is 1. The molecule has 1 aromatic carbocycles. The van der Waals surface area contributed by atoms with Crippen molar-refractivity contribution >= 4 is 23.2 Å². The molecule has 0 atom stereocenters. The van der Waals surface area contributed by atoms with E-state index in [9.17, 15) is 4.79 Å². The molecule has 0 aromatic heterocycles. The third-order valence-corrected chi connectivity index (χ3v) is 3.82. The van der Waals surface area contributed by atoms with E-state index in [-0.39, 0.29) is 5.91 Å². The SMILES string of the molecule is CCCCN(CCCC)CC(=O)Nc1c(C)cccc1Cl. The van der Waals surface area contributed by atoms with Crippen LogP contribution in [0.4, 0.5) is 5.69 Å². The maximum Gasteiger partial charge on any atom is 0.238 e. The number of unbranched alkanes of at least 4 members (excludes halogenated alkanes) is 2. The molecule has 4 heteroatoms. The largest absolute Gasteiger partial charge is 0.323 e. The van der Waals surface area contributed by atoms with Gasteiger partial charge in [-0.1, -0.05) is 50.4 Å². The third kappa shape index (κ3) is 6.49.